The van der Waals surface area contributed by atoms with E-state index in [-0.39, 0.29) is 0 Å². The molecule has 4 nitrogen and oxygen atoms in total. The van der Waals surface area contributed by atoms with Crippen LogP contribution in [0.25, 0.3) is 11.0 Å². The Morgan fingerprint density at radius 2 is 2.40 bits per heavy atom. The highest BCUT2D eigenvalue weighted by atomic mass is 35.5. The first-order chi connectivity index (χ1) is 9.85. The van der Waals surface area contributed by atoms with E-state index >= 15 is 0 Å². The Morgan fingerprint density at radius 1 is 1.50 bits per heavy atom. The summed E-state index contributed by atoms with van der Waals surface area (Å²) in [5.41, 5.74) is 2.05. The van der Waals surface area contributed by atoms with Gasteiger partial charge in [0.25, 0.3) is 0 Å². The van der Waals surface area contributed by atoms with Crippen molar-refractivity contribution in [1.29, 1.82) is 0 Å². The van der Waals surface area contributed by atoms with E-state index in [2.05, 4.69) is 10.6 Å². The second-order valence-electron chi connectivity index (χ2n) is 4.91. The Hall–Kier alpha value is -1.26. The van der Waals surface area contributed by atoms with Crippen molar-refractivity contribution in [2.75, 3.05) is 25.7 Å². The summed E-state index contributed by atoms with van der Waals surface area (Å²) in [5.74, 6) is 2.44. The number of ether oxygens (including phenoxy) is 2. The number of alkyl halides is 1. The summed E-state index contributed by atoms with van der Waals surface area (Å²) >= 11 is 5.93. The van der Waals surface area contributed by atoms with Crippen LogP contribution in [-0.2, 0) is 11.2 Å². The fraction of sp³-hybridized carbons (Fsp3) is 0.533. The molecule has 1 unspecified atom stereocenters. The van der Waals surface area contributed by atoms with Gasteiger partial charge in [-0.3, -0.25) is 0 Å². The quantitative estimate of drug-likeness (QED) is 0.795. The molecule has 0 radical (unpaired) electrons. The average molecular weight is 295 g/mol. The molecule has 0 saturated carbocycles. The molecule has 0 bridgehead atoms. The van der Waals surface area contributed by atoms with E-state index in [1.165, 1.54) is 0 Å². The van der Waals surface area contributed by atoms with Gasteiger partial charge in [0.2, 0.25) is 0 Å². The van der Waals surface area contributed by atoms with Crippen LogP contribution in [0.4, 0.5) is 0 Å². The van der Waals surface area contributed by atoms with Gasteiger partial charge in [-0.05, 0) is 25.5 Å². The van der Waals surface area contributed by atoms with Gasteiger partial charge < -0.3 is 14.0 Å². The van der Waals surface area contributed by atoms with Crippen LogP contribution in [0.3, 0.4) is 0 Å². The molecule has 0 N–H and O–H groups in total. The lowest BCUT2D eigenvalue weighted by Crippen LogP contribution is -2.12. The monoisotopic (exact) mass is 294 g/mol. The first kappa shape index (κ1) is 13.7. The first-order valence-electron chi connectivity index (χ1n) is 7.11. The van der Waals surface area contributed by atoms with Crippen LogP contribution in [0.15, 0.2) is 18.2 Å². The molecule has 1 fully saturated rings. The largest absolute Gasteiger partial charge is 0.492 e. The van der Waals surface area contributed by atoms with Crippen molar-refractivity contribution < 1.29 is 9.47 Å². The summed E-state index contributed by atoms with van der Waals surface area (Å²) in [6.07, 6.45) is 1.79. The van der Waals surface area contributed by atoms with E-state index < -0.39 is 0 Å². The SMILES string of the molecule is CCOc1cccc2c1nc(CCCl)n2C1CCOC1. The van der Waals surface area contributed by atoms with Gasteiger partial charge in [0.05, 0.1) is 24.8 Å². The third kappa shape index (κ3) is 2.38. The molecular weight excluding hydrogens is 276 g/mol. The van der Waals surface area contributed by atoms with Gasteiger partial charge in [0.1, 0.15) is 17.1 Å². The number of rotatable bonds is 5. The smallest absolute Gasteiger partial charge is 0.147 e. The number of aryl methyl sites for hydroxylation is 1. The number of para-hydroxylation sites is 1. The summed E-state index contributed by atoms with van der Waals surface area (Å²) in [4.78, 5) is 4.76. The summed E-state index contributed by atoms with van der Waals surface area (Å²) in [6.45, 7) is 4.19. The van der Waals surface area contributed by atoms with Gasteiger partial charge in [-0.25, -0.2) is 4.98 Å². The molecule has 20 heavy (non-hydrogen) atoms. The molecule has 2 aromatic rings. The minimum Gasteiger partial charge on any atom is -0.492 e. The topological polar surface area (TPSA) is 36.3 Å². The van der Waals surface area contributed by atoms with E-state index in [0.717, 1.165) is 48.7 Å². The van der Waals surface area contributed by atoms with Gasteiger partial charge in [0.15, 0.2) is 0 Å². The van der Waals surface area contributed by atoms with Crippen molar-refractivity contribution in [2.24, 2.45) is 0 Å². The molecule has 0 amide bonds. The Labute approximate surface area is 123 Å². The third-order valence-corrected chi connectivity index (χ3v) is 3.83. The number of hydrogen-bond donors (Lipinski definition) is 0. The second kappa shape index (κ2) is 6.02. The highest BCUT2D eigenvalue weighted by molar-refractivity contribution is 6.17. The Balaban J connectivity index is 2.13. The maximum Gasteiger partial charge on any atom is 0.147 e. The van der Waals surface area contributed by atoms with Gasteiger partial charge >= 0.3 is 0 Å². The number of imidazole rings is 1. The molecule has 5 heteroatoms. The van der Waals surface area contributed by atoms with E-state index in [4.69, 9.17) is 26.1 Å². The molecule has 1 aromatic heterocycles. The minimum absolute atomic E-state index is 0.357. The molecule has 2 heterocycles. The number of fused-ring (bicyclic) bond motifs is 1. The highest BCUT2D eigenvalue weighted by Crippen LogP contribution is 2.31. The van der Waals surface area contributed by atoms with Crippen molar-refractivity contribution >= 4 is 22.6 Å². The Morgan fingerprint density at radius 3 is 3.10 bits per heavy atom. The molecule has 1 aromatic carbocycles. The molecule has 3 rings (SSSR count). The second-order valence-corrected chi connectivity index (χ2v) is 5.29. The molecule has 1 atom stereocenters. The fourth-order valence-corrected chi connectivity index (χ4v) is 2.97. The van der Waals surface area contributed by atoms with Crippen LogP contribution < -0.4 is 4.74 Å². The van der Waals surface area contributed by atoms with Gasteiger partial charge in [-0.2, -0.15) is 0 Å². The van der Waals surface area contributed by atoms with E-state index in [9.17, 15) is 0 Å². The van der Waals surface area contributed by atoms with E-state index in [1.54, 1.807) is 0 Å². The fourth-order valence-electron chi connectivity index (χ4n) is 2.81. The summed E-state index contributed by atoms with van der Waals surface area (Å²) in [7, 11) is 0. The van der Waals surface area contributed by atoms with Crippen molar-refractivity contribution in [3.63, 3.8) is 0 Å². The van der Waals surface area contributed by atoms with Crippen LogP contribution in [0.5, 0.6) is 5.75 Å². The molecule has 1 aliphatic rings. The minimum atomic E-state index is 0.357. The maximum absolute atomic E-state index is 5.93. The molecule has 0 aliphatic carbocycles. The lowest BCUT2D eigenvalue weighted by molar-refractivity contribution is 0.186. The summed E-state index contributed by atoms with van der Waals surface area (Å²) in [6, 6.07) is 6.45. The van der Waals surface area contributed by atoms with Crippen molar-refractivity contribution in [3.05, 3.63) is 24.0 Å². The zero-order valence-corrected chi connectivity index (χ0v) is 12.4. The van der Waals surface area contributed by atoms with Gasteiger partial charge in [-0.1, -0.05) is 6.07 Å². The van der Waals surface area contributed by atoms with Crippen molar-refractivity contribution in [1.82, 2.24) is 9.55 Å². The first-order valence-corrected chi connectivity index (χ1v) is 7.65. The van der Waals surface area contributed by atoms with Gasteiger partial charge in [-0.15, -0.1) is 11.6 Å². The molecule has 1 aliphatic heterocycles. The number of aromatic nitrogens is 2. The van der Waals surface area contributed by atoms with Crippen LogP contribution in [0.2, 0.25) is 0 Å². The lowest BCUT2D eigenvalue weighted by atomic mass is 10.2. The van der Waals surface area contributed by atoms with Crippen molar-refractivity contribution in [2.45, 2.75) is 25.8 Å². The maximum atomic E-state index is 5.93. The average Bonchev–Trinajstić information content (AvgIpc) is 3.06. The Bertz CT molecular complexity index is 591. The predicted octanol–water partition coefficient (Wildman–Crippen LogP) is 3.18. The normalized spacial score (nSPS) is 18.8. The number of nitrogens with zero attached hydrogens (tertiary/aromatic N) is 2. The number of benzene rings is 1. The van der Waals surface area contributed by atoms with Crippen LogP contribution in [0, 0.1) is 0 Å². The highest BCUT2D eigenvalue weighted by Gasteiger charge is 2.24. The lowest BCUT2D eigenvalue weighted by Gasteiger charge is -2.14. The third-order valence-electron chi connectivity index (χ3n) is 3.64. The summed E-state index contributed by atoms with van der Waals surface area (Å²) < 4.78 is 13.5. The zero-order valence-electron chi connectivity index (χ0n) is 11.6. The van der Waals surface area contributed by atoms with Crippen LogP contribution in [-0.4, -0.2) is 35.3 Å². The number of halogens is 1. The Kier molecular flexibility index (Phi) is 4.13. The van der Waals surface area contributed by atoms with E-state index in [1.807, 2.05) is 19.1 Å². The predicted molar refractivity (Wildman–Crippen MR) is 79.8 cm³/mol. The molecule has 1 saturated heterocycles. The summed E-state index contributed by atoms with van der Waals surface area (Å²) in [5, 5.41) is 0. The van der Waals surface area contributed by atoms with Gasteiger partial charge in [0, 0.05) is 18.9 Å². The zero-order chi connectivity index (χ0) is 13.9. The molecule has 108 valence electrons. The van der Waals surface area contributed by atoms with Crippen LogP contribution >= 0.6 is 11.6 Å². The van der Waals surface area contributed by atoms with Crippen molar-refractivity contribution in [3.8, 4) is 5.75 Å². The van der Waals surface area contributed by atoms with Crippen LogP contribution in [0.1, 0.15) is 25.2 Å². The standard InChI is InChI=1S/C15H19ClN2O2/c1-2-20-13-5-3-4-12-15(13)17-14(6-8-16)18(12)11-7-9-19-10-11/h3-5,11H,2,6-10H2,1H3. The van der Waals surface area contributed by atoms with E-state index in [0.29, 0.717) is 18.5 Å². The number of hydrogen-bond acceptors (Lipinski definition) is 3. The molecule has 0 spiro atoms. The molecular formula is C15H19ClN2O2.